The lowest BCUT2D eigenvalue weighted by molar-refractivity contribution is -0.00326. The molecule has 1 aliphatic rings. The second kappa shape index (κ2) is 2.73. The Balaban J connectivity index is 2.56. The lowest BCUT2D eigenvalue weighted by atomic mass is 10.0. The van der Waals surface area contributed by atoms with Crippen molar-refractivity contribution in [1.29, 1.82) is 0 Å². The van der Waals surface area contributed by atoms with Crippen molar-refractivity contribution in [1.82, 2.24) is 0 Å². The maximum absolute atomic E-state index is 10.8. The number of hydrogen-bond donors (Lipinski definition) is 1. The third-order valence-corrected chi connectivity index (χ3v) is 3.90. The van der Waals surface area contributed by atoms with E-state index in [9.17, 15) is 8.42 Å². The number of aliphatic hydroxyl groups is 1. The van der Waals surface area contributed by atoms with Crippen molar-refractivity contribution in [2.75, 3.05) is 25.2 Å². The van der Waals surface area contributed by atoms with Crippen molar-refractivity contribution < 1.29 is 18.3 Å². The Kier molecular flexibility index (Phi) is 2.22. The summed E-state index contributed by atoms with van der Waals surface area (Å²) in [5, 5.41) is 8.59. The Bertz CT molecular complexity index is 219. The predicted octanol–water partition coefficient (Wildman–Crippen LogP) is -0.818. The van der Waals surface area contributed by atoms with Crippen LogP contribution in [0.15, 0.2) is 0 Å². The summed E-state index contributed by atoms with van der Waals surface area (Å²) < 4.78 is 26.6. The van der Waals surface area contributed by atoms with Gasteiger partial charge in [-0.05, 0) is 0 Å². The van der Waals surface area contributed by atoms with Gasteiger partial charge in [-0.15, -0.1) is 0 Å². The number of rotatable bonds is 3. The summed E-state index contributed by atoms with van der Waals surface area (Å²) in [4.78, 5) is 0. The molecule has 0 spiro atoms. The lowest BCUT2D eigenvalue weighted by Crippen LogP contribution is -2.56. The van der Waals surface area contributed by atoms with E-state index in [0.29, 0.717) is 6.42 Å². The highest BCUT2D eigenvalue weighted by Gasteiger charge is 2.48. The van der Waals surface area contributed by atoms with Gasteiger partial charge in [-0.25, -0.2) is 8.42 Å². The smallest absolute Gasteiger partial charge is 0.156 e. The van der Waals surface area contributed by atoms with Crippen LogP contribution in [0, 0.1) is 0 Å². The van der Waals surface area contributed by atoms with Crippen LogP contribution in [0.1, 0.15) is 6.42 Å². The Hall–Kier alpha value is -0.130. The summed E-state index contributed by atoms with van der Waals surface area (Å²) in [6.45, 7) is -0.0244. The Morgan fingerprint density at radius 1 is 1.55 bits per heavy atom. The molecule has 0 aliphatic carbocycles. The molecule has 11 heavy (non-hydrogen) atoms. The molecule has 1 heterocycles. The molecular weight excluding hydrogens is 168 g/mol. The molecule has 1 aliphatic heterocycles. The highest BCUT2D eigenvalue weighted by atomic mass is 32.2. The van der Waals surface area contributed by atoms with Gasteiger partial charge in [-0.2, -0.15) is 0 Å². The molecule has 0 amide bonds. The van der Waals surface area contributed by atoms with E-state index in [1.165, 1.54) is 7.11 Å². The van der Waals surface area contributed by atoms with Crippen LogP contribution in [-0.4, -0.2) is 44.3 Å². The van der Waals surface area contributed by atoms with Gasteiger partial charge in [-0.3, -0.25) is 0 Å². The van der Waals surface area contributed by atoms with Gasteiger partial charge in [0.25, 0.3) is 0 Å². The first-order chi connectivity index (χ1) is 5.04. The molecule has 0 aromatic heterocycles. The maximum Gasteiger partial charge on any atom is 0.156 e. The van der Waals surface area contributed by atoms with Crippen LogP contribution in [0.2, 0.25) is 0 Å². The van der Waals surface area contributed by atoms with Gasteiger partial charge >= 0.3 is 0 Å². The van der Waals surface area contributed by atoms with Crippen molar-refractivity contribution in [2.24, 2.45) is 0 Å². The number of aliphatic hydroxyl groups excluding tert-OH is 1. The Morgan fingerprint density at radius 3 is 2.36 bits per heavy atom. The number of ether oxygens (including phenoxy) is 1. The van der Waals surface area contributed by atoms with E-state index in [-0.39, 0.29) is 18.1 Å². The molecule has 0 saturated carbocycles. The summed E-state index contributed by atoms with van der Waals surface area (Å²) in [5.41, 5.74) is -0.590. The summed E-state index contributed by atoms with van der Waals surface area (Å²) >= 11 is 0. The molecule has 0 radical (unpaired) electrons. The SMILES string of the molecule is COC1(CCO)CS(=O)(=O)C1. The van der Waals surface area contributed by atoms with Gasteiger partial charge in [-0.1, -0.05) is 0 Å². The third-order valence-electron chi connectivity index (χ3n) is 1.97. The first-order valence-electron chi connectivity index (χ1n) is 3.40. The lowest BCUT2D eigenvalue weighted by Gasteiger charge is -2.39. The molecule has 1 fully saturated rings. The zero-order chi connectivity index (χ0) is 8.54. The van der Waals surface area contributed by atoms with Crippen molar-refractivity contribution in [3.05, 3.63) is 0 Å². The molecule has 0 unspecified atom stereocenters. The second-order valence-corrected chi connectivity index (χ2v) is 4.96. The van der Waals surface area contributed by atoms with Gasteiger partial charge in [0.15, 0.2) is 9.84 Å². The van der Waals surface area contributed by atoms with E-state index in [1.807, 2.05) is 0 Å². The average Bonchev–Trinajstić information content (AvgIpc) is 1.84. The van der Waals surface area contributed by atoms with E-state index in [2.05, 4.69) is 0 Å². The molecular formula is C6H12O4S. The van der Waals surface area contributed by atoms with Crippen LogP contribution < -0.4 is 0 Å². The van der Waals surface area contributed by atoms with Gasteiger partial charge in [0, 0.05) is 20.1 Å². The topological polar surface area (TPSA) is 63.6 Å². The first-order valence-corrected chi connectivity index (χ1v) is 5.22. The number of methoxy groups -OCH3 is 1. The van der Waals surface area contributed by atoms with E-state index in [4.69, 9.17) is 9.84 Å². The number of hydrogen-bond acceptors (Lipinski definition) is 4. The number of sulfone groups is 1. The molecule has 0 atom stereocenters. The van der Waals surface area contributed by atoms with Gasteiger partial charge in [0.2, 0.25) is 0 Å². The second-order valence-electron chi connectivity index (χ2n) is 2.89. The van der Waals surface area contributed by atoms with Gasteiger partial charge < -0.3 is 9.84 Å². The molecule has 0 aromatic rings. The van der Waals surface area contributed by atoms with Crippen molar-refractivity contribution in [3.8, 4) is 0 Å². The zero-order valence-corrected chi connectivity index (χ0v) is 7.23. The molecule has 4 nitrogen and oxygen atoms in total. The third kappa shape index (κ3) is 1.72. The maximum atomic E-state index is 10.8. The van der Waals surface area contributed by atoms with Gasteiger partial charge in [0.1, 0.15) is 0 Å². The van der Waals surface area contributed by atoms with E-state index in [1.54, 1.807) is 0 Å². The Morgan fingerprint density at radius 2 is 2.09 bits per heavy atom. The van der Waals surface area contributed by atoms with Crippen LogP contribution in [0.3, 0.4) is 0 Å². The predicted molar refractivity (Wildman–Crippen MR) is 40.1 cm³/mol. The largest absolute Gasteiger partial charge is 0.396 e. The zero-order valence-electron chi connectivity index (χ0n) is 6.41. The summed E-state index contributed by atoms with van der Waals surface area (Å²) in [6, 6.07) is 0. The minimum Gasteiger partial charge on any atom is -0.396 e. The fourth-order valence-corrected chi connectivity index (χ4v) is 3.37. The molecule has 5 heteroatoms. The summed E-state index contributed by atoms with van der Waals surface area (Å²) in [7, 11) is -1.38. The molecule has 0 bridgehead atoms. The van der Waals surface area contributed by atoms with Crippen LogP contribution in [0.25, 0.3) is 0 Å². The van der Waals surface area contributed by atoms with E-state index < -0.39 is 15.4 Å². The average molecular weight is 180 g/mol. The van der Waals surface area contributed by atoms with E-state index >= 15 is 0 Å². The standard InChI is InChI=1S/C6H12O4S/c1-10-6(2-3-7)4-11(8,9)5-6/h7H,2-5H2,1H3. The molecule has 1 N–H and O–H groups in total. The van der Waals surface area contributed by atoms with Crippen molar-refractivity contribution in [2.45, 2.75) is 12.0 Å². The van der Waals surface area contributed by atoms with Crippen LogP contribution >= 0.6 is 0 Å². The van der Waals surface area contributed by atoms with Gasteiger partial charge in [0.05, 0.1) is 17.1 Å². The highest BCUT2D eigenvalue weighted by molar-refractivity contribution is 7.93. The summed E-state index contributed by atoms with van der Waals surface area (Å²) in [6.07, 6.45) is 0.405. The van der Waals surface area contributed by atoms with Crippen molar-refractivity contribution in [3.63, 3.8) is 0 Å². The van der Waals surface area contributed by atoms with Crippen LogP contribution in [0.5, 0.6) is 0 Å². The monoisotopic (exact) mass is 180 g/mol. The minimum atomic E-state index is -2.86. The summed E-state index contributed by atoms with van der Waals surface area (Å²) in [5.74, 6) is 0.105. The molecule has 1 saturated heterocycles. The molecule has 0 aromatic carbocycles. The first kappa shape index (κ1) is 8.96. The molecule has 66 valence electrons. The van der Waals surface area contributed by atoms with Crippen LogP contribution in [-0.2, 0) is 14.6 Å². The van der Waals surface area contributed by atoms with E-state index in [0.717, 1.165) is 0 Å². The molecule has 1 rings (SSSR count). The van der Waals surface area contributed by atoms with Crippen molar-refractivity contribution >= 4 is 9.84 Å². The fraction of sp³-hybridized carbons (Fsp3) is 1.00. The Labute approximate surface area is 66.1 Å². The highest BCUT2D eigenvalue weighted by Crippen LogP contribution is 2.29. The normalized spacial score (nSPS) is 26.0. The van der Waals surface area contributed by atoms with Crippen LogP contribution in [0.4, 0.5) is 0 Å². The fourth-order valence-electron chi connectivity index (χ4n) is 1.33. The minimum absolute atomic E-state index is 0.0244. The quantitative estimate of drug-likeness (QED) is 0.616.